The minimum Gasteiger partial charge on any atom is -0.478 e. The molecule has 0 bridgehead atoms. The van der Waals surface area contributed by atoms with E-state index in [0.29, 0.717) is 19.6 Å². The number of ether oxygens (including phenoxy) is 2. The first-order valence-corrected chi connectivity index (χ1v) is 11.4. The third-order valence-corrected chi connectivity index (χ3v) is 6.22. The summed E-state index contributed by atoms with van der Waals surface area (Å²) >= 11 is 0. The molecule has 1 saturated heterocycles. The van der Waals surface area contributed by atoms with Gasteiger partial charge in [0.25, 0.3) is 5.91 Å². The predicted octanol–water partition coefficient (Wildman–Crippen LogP) is 3.56. The molecular weight excluding hydrogens is 409 g/mol. The summed E-state index contributed by atoms with van der Waals surface area (Å²) in [5, 5.41) is 0. The van der Waals surface area contributed by atoms with Crippen LogP contribution in [0, 0.1) is 5.82 Å². The average Bonchev–Trinajstić information content (AvgIpc) is 2.82. The molecular formula is C25H32FN3O3. The fraction of sp³-hybridized carbons (Fsp3) is 0.480. The van der Waals surface area contributed by atoms with Gasteiger partial charge in [0.05, 0.1) is 12.3 Å². The van der Waals surface area contributed by atoms with Gasteiger partial charge in [0, 0.05) is 51.9 Å². The van der Waals surface area contributed by atoms with Crippen molar-refractivity contribution < 1.29 is 18.7 Å². The molecule has 0 N–H and O–H groups in total. The van der Waals surface area contributed by atoms with E-state index in [9.17, 15) is 9.18 Å². The first-order chi connectivity index (χ1) is 15.7. The minimum absolute atomic E-state index is 0.0219. The topological polar surface area (TPSA) is 45.3 Å². The van der Waals surface area contributed by atoms with Crippen LogP contribution >= 0.6 is 0 Å². The van der Waals surface area contributed by atoms with Gasteiger partial charge in [-0.15, -0.1) is 0 Å². The van der Waals surface area contributed by atoms with Gasteiger partial charge < -0.3 is 19.3 Å². The van der Waals surface area contributed by atoms with E-state index in [-0.39, 0.29) is 11.7 Å². The number of hydrogen-bond acceptors (Lipinski definition) is 5. The Morgan fingerprint density at radius 1 is 1.00 bits per heavy atom. The zero-order valence-corrected chi connectivity index (χ0v) is 18.7. The Kier molecular flexibility index (Phi) is 7.60. The first kappa shape index (κ1) is 22.6. The van der Waals surface area contributed by atoms with Gasteiger partial charge in [-0.2, -0.15) is 0 Å². The maximum absolute atomic E-state index is 13.1. The lowest BCUT2D eigenvalue weighted by atomic mass is 10.1. The standard InChI is InChI=1S/C25H32FN3O3/c1-31-19-12-24-25(30)29(22-6-2-3-7-23(22)32-24)14-5-4-13-27-15-17-28(18-16-27)21-10-8-20(26)9-11-21/h2-3,6-11,24H,4-5,12-19H2,1H3. The Morgan fingerprint density at radius 3 is 2.47 bits per heavy atom. The van der Waals surface area contributed by atoms with Crippen LogP contribution in [0.15, 0.2) is 48.5 Å². The summed E-state index contributed by atoms with van der Waals surface area (Å²) in [6, 6.07) is 14.5. The second-order valence-electron chi connectivity index (χ2n) is 8.36. The molecule has 1 amide bonds. The molecule has 2 aromatic rings. The van der Waals surface area contributed by atoms with Gasteiger partial charge in [0.2, 0.25) is 0 Å². The molecule has 32 heavy (non-hydrogen) atoms. The summed E-state index contributed by atoms with van der Waals surface area (Å²) in [4.78, 5) is 19.6. The summed E-state index contributed by atoms with van der Waals surface area (Å²) < 4.78 is 24.2. The zero-order valence-electron chi connectivity index (χ0n) is 18.7. The van der Waals surface area contributed by atoms with Crippen molar-refractivity contribution in [1.29, 1.82) is 0 Å². The van der Waals surface area contributed by atoms with Crippen molar-refractivity contribution in [3.05, 3.63) is 54.3 Å². The predicted molar refractivity (Wildman–Crippen MR) is 124 cm³/mol. The van der Waals surface area contributed by atoms with E-state index >= 15 is 0 Å². The van der Waals surface area contributed by atoms with Gasteiger partial charge >= 0.3 is 0 Å². The highest BCUT2D eigenvalue weighted by atomic mass is 19.1. The second kappa shape index (κ2) is 10.8. The van der Waals surface area contributed by atoms with Crippen LogP contribution in [0.2, 0.25) is 0 Å². The van der Waals surface area contributed by atoms with E-state index in [1.165, 1.54) is 12.1 Å². The molecule has 2 aliphatic heterocycles. The summed E-state index contributed by atoms with van der Waals surface area (Å²) in [6.45, 7) is 6.09. The van der Waals surface area contributed by atoms with Crippen LogP contribution < -0.4 is 14.5 Å². The number of para-hydroxylation sites is 2. The highest BCUT2D eigenvalue weighted by molar-refractivity contribution is 6.00. The maximum Gasteiger partial charge on any atom is 0.268 e. The molecule has 2 aromatic carbocycles. The number of piperazine rings is 1. The van der Waals surface area contributed by atoms with Crippen molar-refractivity contribution in [3.63, 3.8) is 0 Å². The quantitative estimate of drug-likeness (QED) is 0.557. The van der Waals surface area contributed by atoms with E-state index in [1.54, 1.807) is 7.11 Å². The number of carbonyl (C=O) groups excluding carboxylic acids is 1. The average molecular weight is 442 g/mol. The molecule has 0 radical (unpaired) electrons. The number of halogens is 1. The smallest absolute Gasteiger partial charge is 0.268 e. The van der Waals surface area contributed by atoms with Gasteiger partial charge in [-0.3, -0.25) is 9.69 Å². The lowest BCUT2D eigenvalue weighted by Gasteiger charge is -2.36. The Morgan fingerprint density at radius 2 is 1.72 bits per heavy atom. The van der Waals surface area contributed by atoms with Gasteiger partial charge in [-0.1, -0.05) is 12.1 Å². The van der Waals surface area contributed by atoms with Crippen molar-refractivity contribution in [2.24, 2.45) is 0 Å². The van der Waals surface area contributed by atoms with E-state index in [1.807, 2.05) is 41.3 Å². The number of carbonyl (C=O) groups is 1. The lowest BCUT2D eigenvalue weighted by molar-refractivity contribution is -0.127. The molecule has 0 saturated carbocycles. The number of fused-ring (bicyclic) bond motifs is 1. The van der Waals surface area contributed by atoms with Crippen molar-refractivity contribution >= 4 is 17.3 Å². The highest BCUT2D eigenvalue weighted by Crippen LogP contribution is 2.34. The number of rotatable bonds is 9. The number of amides is 1. The highest BCUT2D eigenvalue weighted by Gasteiger charge is 2.33. The molecule has 0 aliphatic carbocycles. The molecule has 7 heteroatoms. The Balaban J connectivity index is 1.24. The van der Waals surface area contributed by atoms with Crippen LogP contribution in [0.3, 0.4) is 0 Å². The van der Waals surface area contributed by atoms with Gasteiger partial charge in [0.1, 0.15) is 11.6 Å². The number of methoxy groups -OCH3 is 1. The number of hydrogen-bond donors (Lipinski definition) is 0. The number of unbranched alkanes of at least 4 members (excludes halogenated alkanes) is 1. The summed E-state index contributed by atoms with van der Waals surface area (Å²) in [6.07, 6.45) is 2.05. The van der Waals surface area contributed by atoms with Gasteiger partial charge in [-0.25, -0.2) is 4.39 Å². The van der Waals surface area contributed by atoms with E-state index in [0.717, 1.165) is 62.7 Å². The van der Waals surface area contributed by atoms with E-state index in [4.69, 9.17) is 9.47 Å². The molecule has 2 aliphatic rings. The molecule has 1 unspecified atom stereocenters. The number of benzene rings is 2. The van der Waals surface area contributed by atoms with E-state index in [2.05, 4.69) is 9.80 Å². The first-order valence-electron chi connectivity index (χ1n) is 11.4. The SMILES string of the molecule is COCCC1Oc2ccccc2N(CCCCN2CCN(c3ccc(F)cc3)CC2)C1=O. The lowest BCUT2D eigenvalue weighted by Crippen LogP contribution is -2.47. The Hall–Kier alpha value is -2.64. The monoisotopic (exact) mass is 441 g/mol. The van der Waals surface area contributed by atoms with Crippen LogP contribution in [0.4, 0.5) is 15.8 Å². The van der Waals surface area contributed by atoms with Gasteiger partial charge in [0.15, 0.2) is 6.10 Å². The molecule has 1 atom stereocenters. The summed E-state index contributed by atoms with van der Waals surface area (Å²) in [5.41, 5.74) is 1.94. The fourth-order valence-corrected chi connectivity index (χ4v) is 4.40. The fourth-order valence-electron chi connectivity index (χ4n) is 4.40. The summed E-state index contributed by atoms with van der Waals surface area (Å²) in [7, 11) is 1.64. The number of anilines is 2. The Labute approximate surface area is 189 Å². The zero-order chi connectivity index (χ0) is 22.3. The summed E-state index contributed by atoms with van der Waals surface area (Å²) in [5.74, 6) is 0.595. The molecule has 172 valence electrons. The largest absolute Gasteiger partial charge is 0.478 e. The maximum atomic E-state index is 13.1. The Bertz CT molecular complexity index is 884. The third-order valence-electron chi connectivity index (χ3n) is 6.22. The van der Waals surface area contributed by atoms with Crippen LogP contribution in [-0.2, 0) is 9.53 Å². The number of nitrogens with zero attached hydrogens (tertiary/aromatic N) is 3. The molecule has 0 aromatic heterocycles. The molecule has 1 fully saturated rings. The van der Waals surface area contributed by atoms with Gasteiger partial charge in [-0.05, 0) is 55.8 Å². The van der Waals surface area contributed by atoms with Crippen molar-refractivity contribution in [1.82, 2.24) is 4.90 Å². The molecule has 0 spiro atoms. The normalized spacial score (nSPS) is 19.1. The van der Waals surface area contributed by atoms with Crippen LogP contribution in [-0.4, -0.2) is 69.9 Å². The van der Waals surface area contributed by atoms with Crippen molar-refractivity contribution in [2.45, 2.75) is 25.4 Å². The van der Waals surface area contributed by atoms with Crippen molar-refractivity contribution in [3.8, 4) is 5.75 Å². The minimum atomic E-state index is -0.482. The van der Waals surface area contributed by atoms with Crippen LogP contribution in [0.1, 0.15) is 19.3 Å². The van der Waals surface area contributed by atoms with E-state index < -0.39 is 6.10 Å². The van der Waals surface area contributed by atoms with Crippen molar-refractivity contribution in [2.75, 3.05) is 62.8 Å². The van der Waals surface area contributed by atoms with Crippen LogP contribution in [0.25, 0.3) is 0 Å². The second-order valence-corrected chi connectivity index (χ2v) is 8.36. The molecule has 4 rings (SSSR count). The third kappa shape index (κ3) is 5.40. The molecule has 2 heterocycles. The van der Waals surface area contributed by atoms with Crippen LogP contribution in [0.5, 0.6) is 5.75 Å². The molecule has 6 nitrogen and oxygen atoms in total.